The Labute approximate surface area is 126 Å². The van der Waals surface area contributed by atoms with E-state index in [9.17, 15) is 18.0 Å². The van der Waals surface area contributed by atoms with E-state index in [0.29, 0.717) is 18.6 Å². The number of alkyl halides is 3. The zero-order valence-electron chi connectivity index (χ0n) is 10.8. The van der Waals surface area contributed by atoms with Crippen LogP contribution in [0.15, 0.2) is 27.1 Å². The molecule has 0 radical (unpaired) electrons. The summed E-state index contributed by atoms with van der Waals surface area (Å²) in [4.78, 5) is 12.2. The summed E-state index contributed by atoms with van der Waals surface area (Å²) >= 11 is 3.37. The summed E-state index contributed by atoms with van der Waals surface area (Å²) in [5, 5.41) is 0.890. The van der Waals surface area contributed by atoms with Gasteiger partial charge >= 0.3 is 12.1 Å². The van der Waals surface area contributed by atoms with Crippen molar-refractivity contribution in [2.75, 3.05) is 13.1 Å². The molecule has 0 saturated carbocycles. The molecule has 2 heterocycles. The molecule has 1 aromatic heterocycles. The van der Waals surface area contributed by atoms with Crippen LogP contribution < -0.4 is 0 Å². The second-order valence-corrected chi connectivity index (χ2v) is 5.85. The van der Waals surface area contributed by atoms with Crippen LogP contribution in [0.25, 0.3) is 11.0 Å². The number of nitrogens with zero attached hydrogens (tertiary/aromatic N) is 1. The summed E-state index contributed by atoms with van der Waals surface area (Å²) in [7, 11) is 0. The number of hydrogen-bond acceptors (Lipinski definition) is 2. The van der Waals surface area contributed by atoms with Gasteiger partial charge in [-0.15, -0.1) is 0 Å². The molecule has 1 aliphatic rings. The maximum absolute atomic E-state index is 12.5. The van der Waals surface area contributed by atoms with Crippen LogP contribution in [-0.2, 0) is 17.6 Å². The number of halogens is 4. The van der Waals surface area contributed by atoms with E-state index < -0.39 is 12.1 Å². The van der Waals surface area contributed by atoms with Gasteiger partial charge in [-0.25, -0.2) is 0 Å². The molecule has 112 valence electrons. The lowest BCUT2D eigenvalue weighted by Crippen LogP contribution is -2.42. The van der Waals surface area contributed by atoms with Gasteiger partial charge in [-0.3, -0.25) is 4.79 Å². The van der Waals surface area contributed by atoms with Crippen molar-refractivity contribution in [3.63, 3.8) is 0 Å². The van der Waals surface area contributed by atoms with Crippen molar-refractivity contribution < 1.29 is 22.4 Å². The highest BCUT2D eigenvalue weighted by Crippen LogP contribution is 2.31. The number of rotatable bonds is 0. The van der Waals surface area contributed by atoms with Gasteiger partial charge in [0.2, 0.25) is 0 Å². The van der Waals surface area contributed by atoms with Crippen LogP contribution in [0.5, 0.6) is 0 Å². The van der Waals surface area contributed by atoms with Crippen molar-refractivity contribution in [2.45, 2.75) is 19.0 Å². The summed E-state index contributed by atoms with van der Waals surface area (Å²) in [6.07, 6.45) is -4.17. The Kier molecular flexibility index (Phi) is 3.47. The zero-order valence-corrected chi connectivity index (χ0v) is 12.4. The molecule has 0 saturated heterocycles. The van der Waals surface area contributed by atoms with Gasteiger partial charge in [0.05, 0.1) is 0 Å². The van der Waals surface area contributed by atoms with Crippen LogP contribution in [0, 0.1) is 0 Å². The number of furan rings is 1. The fourth-order valence-corrected chi connectivity index (χ4v) is 2.99. The number of benzene rings is 1. The Balaban J connectivity index is 1.90. The summed E-state index contributed by atoms with van der Waals surface area (Å²) in [5.41, 5.74) is 1.61. The molecule has 0 unspecified atom stereocenters. The highest BCUT2D eigenvalue weighted by atomic mass is 79.9. The van der Waals surface area contributed by atoms with E-state index in [4.69, 9.17) is 4.42 Å². The summed E-state index contributed by atoms with van der Waals surface area (Å²) in [6.45, 7) is 0.0683. The number of carbonyl (C=O) groups is 1. The van der Waals surface area contributed by atoms with Gasteiger partial charge in [0.1, 0.15) is 11.3 Å². The monoisotopic (exact) mass is 361 g/mol. The van der Waals surface area contributed by atoms with Crippen LogP contribution in [-0.4, -0.2) is 30.1 Å². The predicted octanol–water partition coefficient (Wildman–Crippen LogP) is 3.68. The number of hydrogen-bond donors (Lipinski definition) is 0. The first-order valence-corrected chi connectivity index (χ1v) is 7.21. The average molecular weight is 362 g/mol. The van der Waals surface area contributed by atoms with E-state index in [-0.39, 0.29) is 13.1 Å². The molecule has 7 heteroatoms. The molecule has 2 aromatic rings. The molecule has 0 N–H and O–H groups in total. The molecule has 0 atom stereocenters. The predicted molar refractivity (Wildman–Crippen MR) is 74.0 cm³/mol. The van der Waals surface area contributed by atoms with Gasteiger partial charge in [-0.1, -0.05) is 15.9 Å². The van der Waals surface area contributed by atoms with Gasteiger partial charge in [0, 0.05) is 34.9 Å². The van der Waals surface area contributed by atoms with E-state index in [2.05, 4.69) is 15.9 Å². The second-order valence-electron chi connectivity index (χ2n) is 4.93. The Bertz CT molecular complexity index is 708. The van der Waals surface area contributed by atoms with Crippen molar-refractivity contribution >= 4 is 32.8 Å². The molecular formula is C14H11BrF3NO2. The van der Waals surface area contributed by atoms with Crippen LogP contribution in [0.2, 0.25) is 0 Å². The third-order valence-corrected chi connectivity index (χ3v) is 4.10. The van der Waals surface area contributed by atoms with Crippen molar-refractivity contribution in [3.8, 4) is 0 Å². The van der Waals surface area contributed by atoms with Crippen LogP contribution in [0.4, 0.5) is 13.2 Å². The number of carbonyl (C=O) groups excluding carboxylic acids is 1. The van der Waals surface area contributed by atoms with Crippen molar-refractivity contribution in [1.29, 1.82) is 0 Å². The van der Waals surface area contributed by atoms with Crippen molar-refractivity contribution in [2.24, 2.45) is 0 Å². The lowest BCUT2D eigenvalue weighted by atomic mass is 10.1. The molecular weight excluding hydrogens is 351 g/mol. The van der Waals surface area contributed by atoms with Gasteiger partial charge in [0.25, 0.3) is 0 Å². The van der Waals surface area contributed by atoms with E-state index in [1.807, 2.05) is 18.2 Å². The van der Waals surface area contributed by atoms with Gasteiger partial charge in [-0.05, 0) is 24.6 Å². The standard InChI is InChI=1S/C14H11BrF3NO2/c15-8-1-2-11-10(7-8)9-3-5-19(6-4-12(9)21-11)13(20)14(16,17)18/h1-2,7H,3-6H2. The SMILES string of the molecule is O=C(N1CCc2oc3ccc(Br)cc3c2CC1)C(F)(F)F. The summed E-state index contributed by atoms with van der Waals surface area (Å²) < 4.78 is 44.1. The van der Waals surface area contributed by atoms with Gasteiger partial charge in [-0.2, -0.15) is 13.2 Å². The smallest absolute Gasteiger partial charge is 0.461 e. The molecule has 0 fully saturated rings. The molecule has 0 aliphatic carbocycles. The largest absolute Gasteiger partial charge is 0.471 e. The molecule has 1 amide bonds. The molecule has 21 heavy (non-hydrogen) atoms. The lowest BCUT2D eigenvalue weighted by Gasteiger charge is -2.21. The fourth-order valence-electron chi connectivity index (χ4n) is 2.63. The first-order valence-electron chi connectivity index (χ1n) is 6.42. The normalized spacial score (nSPS) is 15.9. The Morgan fingerprint density at radius 1 is 1.24 bits per heavy atom. The zero-order chi connectivity index (χ0) is 15.2. The van der Waals surface area contributed by atoms with Gasteiger partial charge < -0.3 is 9.32 Å². The summed E-state index contributed by atoms with van der Waals surface area (Å²) in [5.74, 6) is -1.11. The van der Waals surface area contributed by atoms with Crippen molar-refractivity contribution in [3.05, 3.63) is 34.0 Å². The third-order valence-electron chi connectivity index (χ3n) is 3.61. The molecule has 1 aliphatic heterocycles. The fraction of sp³-hybridized carbons (Fsp3) is 0.357. The maximum Gasteiger partial charge on any atom is 0.471 e. The quantitative estimate of drug-likeness (QED) is 0.717. The van der Waals surface area contributed by atoms with E-state index in [0.717, 1.165) is 25.9 Å². The van der Waals surface area contributed by atoms with Crippen LogP contribution >= 0.6 is 15.9 Å². The first kappa shape index (κ1) is 14.4. The molecule has 3 nitrogen and oxygen atoms in total. The molecule has 0 spiro atoms. The van der Waals surface area contributed by atoms with Crippen molar-refractivity contribution in [1.82, 2.24) is 4.90 Å². The lowest BCUT2D eigenvalue weighted by molar-refractivity contribution is -0.185. The summed E-state index contributed by atoms with van der Waals surface area (Å²) in [6, 6.07) is 5.57. The molecule has 1 aromatic carbocycles. The van der Waals surface area contributed by atoms with Crippen LogP contribution in [0.1, 0.15) is 11.3 Å². The maximum atomic E-state index is 12.5. The minimum Gasteiger partial charge on any atom is -0.461 e. The molecule has 3 rings (SSSR count). The second kappa shape index (κ2) is 5.05. The number of fused-ring (bicyclic) bond motifs is 3. The average Bonchev–Trinajstić information content (AvgIpc) is 2.62. The Hall–Kier alpha value is -1.50. The van der Waals surface area contributed by atoms with Gasteiger partial charge in [0.15, 0.2) is 0 Å². The molecule has 0 bridgehead atoms. The Morgan fingerprint density at radius 2 is 1.95 bits per heavy atom. The van der Waals surface area contributed by atoms with E-state index in [1.165, 1.54) is 0 Å². The highest BCUT2D eigenvalue weighted by molar-refractivity contribution is 9.10. The minimum absolute atomic E-state index is 0.0202. The van der Waals surface area contributed by atoms with E-state index in [1.54, 1.807) is 0 Å². The Morgan fingerprint density at radius 3 is 2.67 bits per heavy atom. The minimum atomic E-state index is -4.82. The van der Waals surface area contributed by atoms with Crippen LogP contribution in [0.3, 0.4) is 0 Å². The highest BCUT2D eigenvalue weighted by Gasteiger charge is 2.42. The number of amides is 1. The third kappa shape index (κ3) is 2.66. The first-order chi connectivity index (χ1) is 9.86. The topological polar surface area (TPSA) is 33.5 Å². The van der Waals surface area contributed by atoms with E-state index >= 15 is 0 Å².